The van der Waals surface area contributed by atoms with Gasteiger partial charge in [-0.05, 0) is 5.92 Å². The fourth-order valence-electron chi connectivity index (χ4n) is 1.67. The Bertz CT molecular complexity index is 493. The second-order valence-corrected chi connectivity index (χ2v) is 5.09. The zero-order valence-electron chi connectivity index (χ0n) is 12.4. The molecule has 0 saturated carbocycles. The van der Waals surface area contributed by atoms with E-state index in [0.29, 0.717) is 5.82 Å². The molecule has 0 aliphatic heterocycles. The summed E-state index contributed by atoms with van der Waals surface area (Å²) in [5, 5.41) is 6.44. The largest absolute Gasteiger partial charge is 0.365 e. The highest BCUT2D eigenvalue weighted by atomic mass is 19.3. The van der Waals surface area contributed by atoms with Gasteiger partial charge in [-0.2, -0.15) is 13.9 Å². The van der Waals surface area contributed by atoms with Crippen molar-refractivity contribution in [3.8, 4) is 0 Å². The number of nitrogens with one attached hydrogen (secondary N) is 1. The Hall–Kier alpha value is -1.71. The summed E-state index contributed by atoms with van der Waals surface area (Å²) in [6, 6.07) is -0.501. The lowest BCUT2D eigenvalue weighted by Crippen LogP contribution is -2.38. The molecule has 1 atom stereocenters. The van der Waals surface area contributed by atoms with Crippen LogP contribution in [0.3, 0.4) is 0 Å². The fourth-order valence-corrected chi connectivity index (χ4v) is 1.67. The van der Waals surface area contributed by atoms with E-state index >= 15 is 0 Å². The molecule has 0 aromatic carbocycles. The maximum atomic E-state index is 12.6. The number of carbonyl (C=O) groups excluding carboxylic acids is 1. The minimum atomic E-state index is -4.28. The molecule has 1 aromatic heterocycles. The van der Waals surface area contributed by atoms with Gasteiger partial charge in [0, 0.05) is 7.05 Å². The minimum absolute atomic E-state index is 0.0469. The van der Waals surface area contributed by atoms with E-state index in [-0.39, 0.29) is 5.92 Å². The molecule has 1 amide bonds. The molecule has 0 spiro atoms. The van der Waals surface area contributed by atoms with Gasteiger partial charge in [-0.3, -0.25) is 9.48 Å². The maximum Gasteiger partial charge on any atom is 0.330 e. The molecule has 0 radical (unpaired) electrons. The second-order valence-electron chi connectivity index (χ2n) is 5.09. The Balaban J connectivity index is 2.54. The van der Waals surface area contributed by atoms with Gasteiger partial charge in [0.05, 0.1) is 6.04 Å². The Morgan fingerprint density at radius 3 is 2.55 bits per heavy atom. The summed E-state index contributed by atoms with van der Waals surface area (Å²) in [6.45, 7) is 1.38. The van der Waals surface area contributed by atoms with Crippen LogP contribution < -0.4 is 5.32 Å². The molecule has 22 heavy (non-hydrogen) atoms. The molecule has 0 fully saturated rings. The average molecular weight is 326 g/mol. The summed E-state index contributed by atoms with van der Waals surface area (Å²) < 4.78 is 55.0. The van der Waals surface area contributed by atoms with Gasteiger partial charge in [-0.15, -0.1) is 0 Å². The van der Waals surface area contributed by atoms with Crippen molar-refractivity contribution in [3.63, 3.8) is 0 Å². The molecule has 10 heteroatoms. The summed E-state index contributed by atoms with van der Waals surface area (Å²) in [5.41, 5.74) is 0. The van der Waals surface area contributed by atoms with Crippen LogP contribution in [0.2, 0.25) is 0 Å². The van der Waals surface area contributed by atoms with E-state index in [1.165, 1.54) is 11.0 Å². The molecule has 1 aromatic rings. The zero-order valence-corrected chi connectivity index (χ0v) is 12.4. The lowest BCUT2D eigenvalue weighted by Gasteiger charge is -2.21. The van der Waals surface area contributed by atoms with Crippen LogP contribution in [0, 0.1) is 5.92 Å². The number of ether oxygens (including phenoxy) is 1. The quantitative estimate of drug-likeness (QED) is 0.736. The van der Waals surface area contributed by atoms with Gasteiger partial charge in [0.2, 0.25) is 5.91 Å². The molecule has 0 aliphatic rings. The highest BCUT2D eigenvalue weighted by molar-refractivity contribution is 5.77. The first-order valence-corrected chi connectivity index (χ1v) is 6.52. The predicted octanol–water partition coefficient (Wildman–Crippen LogP) is 1.55. The molecule has 1 heterocycles. The molecule has 126 valence electrons. The molecule has 1 N–H and O–H groups in total. The Labute approximate surface area is 124 Å². The Kier molecular flexibility index (Phi) is 6.27. The Morgan fingerprint density at radius 1 is 1.45 bits per heavy atom. The van der Waals surface area contributed by atoms with Crippen molar-refractivity contribution >= 4 is 5.91 Å². The topological polar surface area (TPSA) is 69.0 Å². The van der Waals surface area contributed by atoms with Crippen molar-refractivity contribution in [1.82, 2.24) is 20.1 Å². The molecule has 0 bridgehead atoms. The van der Waals surface area contributed by atoms with E-state index in [2.05, 4.69) is 20.1 Å². The van der Waals surface area contributed by atoms with E-state index < -0.39 is 37.5 Å². The van der Waals surface area contributed by atoms with E-state index in [1.807, 2.05) is 13.8 Å². The van der Waals surface area contributed by atoms with Gasteiger partial charge < -0.3 is 10.1 Å². The normalized spacial score (nSPS) is 13.7. The molecule has 6 nitrogen and oxygen atoms in total. The first kappa shape index (κ1) is 18.3. The fraction of sp³-hybridized carbons (Fsp3) is 0.750. The first-order chi connectivity index (χ1) is 10.1. The summed E-state index contributed by atoms with van der Waals surface area (Å²) >= 11 is 0. The molecule has 0 aliphatic carbocycles. The smallest absolute Gasteiger partial charge is 0.330 e. The maximum absolute atomic E-state index is 12.6. The van der Waals surface area contributed by atoms with Gasteiger partial charge >= 0.3 is 12.3 Å². The van der Waals surface area contributed by atoms with Gasteiger partial charge in [0.15, 0.2) is 0 Å². The number of nitrogens with zero attached hydrogens (tertiary/aromatic N) is 3. The molecular formula is C12H18F4N4O2. The minimum Gasteiger partial charge on any atom is -0.365 e. The standard InChI is InChI=1S/C12H18F4N4O2/c1-7(2)9(10-17-6-18-20(10)3)19-8(21)4-22-5-12(15,16)11(13)14/h6-7,9,11H,4-5H2,1-3H3,(H,19,21)/t9-/m0/s1. The van der Waals surface area contributed by atoms with Gasteiger partial charge in [0.1, 0.15) is 25.4 Å². The van der Waals surface area contributed by atoms with E-state index in [9.17, 15) is 22.4 Å². The highest BCUT2D eigenvalue weighted by Gasteiger charge is 2.41. The number of hydrogen-bond donors (Lipinski definition) is 1. The molecule has 0 unspecified atom stereocenters. The van der Waals surface area contributed by atoms with Crippen molar-refractivity contribution < 1.29 is 27.1 Å². The lowest BCUT2D eigenvalue weighted by atomic mass is 10.0. The highest BCUT2D eigenvalue weighted by Crippen LogP contribution is 2.23. The van der Waals surface area contributed by atoms with Crippen molar-refractivity contribution in [2.24, 2.45) is 13.0 Å². The number of halogens is 4. The zero-order chi connectivity index (χ0) is 16.9. The summed E-state index contributed by atoms with van der Waals surface area (Å²) in [6.07, 6.45) is -2.52. The van der Waals surface area contributed by atoms with Crippen molar-refractivity contribution in [2.75, 3.05) is 13.2 Å². The van der Waals surface area contributed by atoms with Crippen LogP contribution in [0.4, 0.5) is 17.6 Å². The molecular weight excluding hydrogens is 308 g/mol. The van der Waals surface area contributed by atoms with Crippen LogP contribution in [0.1, 0.15) is 25.7 Å². The third-order valence-corrected chi connectivity index (χ3v) is 2.85. The number of alkyl halides is 4. The number of aryl methyl sites for hydroxylation is 1. The number of carbonyl (C=O) groups is 1. The summed E-state index contributed by atoms with van der Waals surface area (Å²) in [5.74, 6) is -4.54. The average Bonchev–Trinajstić information content (AvgIpc) is 2.81. The number of hydrogen-bond acceptors (Lipinski definition) is 4. The monoisotopic (exact) mass is 326 g/mol. The van der Waals surface area contributed by atoms with Crippen LogP contribution in [0.15, 0.2) is 6.33 Å². The van der Waals surface area contributed by atoms with E-state index in [1.54, 1.807) is 7.05 Å². The number of aromatic nitrogens is 3. The van der Waals surface area contributed by atoms with Gasteiger partial charge in [0.25, 0.3) is 0 Å². The van der Waals surface area contributed by atoms with Crippen molar-refractivity contribution in [2.45, 2.75) is 32.2 Å². The SMILES string of the molecule is CC(C)[C@H](NC(=O)COCC(F)(F)C(F)F)c1ncnn1C. The van der Waals surface area contributed by atoms with Gasteiger partial charge in [-0.1, -0.05) is 13.8 Å². The Morgan fingerprint density at radius 2 is 2.09 bits per heavy atom. The predicted molar refractivity (Wildman–Crippen MR) is 68.5 cm³/mol. The van der Waals surface area contributed by atoms with Crippen molar-refractivity contribution in [1.29, 1.82) is 0 Å². The van der Waals surface area contributed by atoms with Crippen LogP contribution in [0.25, 0.3) is 0 Å². The molecule has 1 rings (SSSR count). The summed E-state index contributed by atoms with van der Waals surface area (Å²) in [7, 11) is 1.64. The number of rotatable bonds is 8. The third-order valence-electron chi connectivity index (χ3n) is 2.85. The lowest BCUT2D eigenvalue weighted by molar-refractivity contribution is -0.168. The number of amides is 1. The van der Waals surface area contributed by atoms with Crippen LogP contribution in [-0.4, -0.2) is 46.2 Å². The third kappa shape index (κ3) is 4.93. The van der Waals surface area contributed by atoms with E-state index in [0.717, 1.165) is 0 Å². The second kappa shape index (κ2) is 7.52. The van der Waals surface area contributed by atoms with Crippen LogP contribution in [-0.2, 0) is 16.6 Å². The van der Waals surface area contributed by atoms with Crippen LogP contribution >= 0.6 is 0 Å². The van der Waals surface area contributed by atoms with Gasteiger partial charge in [-0.25, -0.2) is 13.8 Å². The van der Waals surface area contributed by atoms with Crippen LogP contribution in [0.5, 0.6) is 0 Å². The van der Waals surface area contributed by atoms with E-state index in [4.69, 9.17) is 0 Å². The summed E-state index contributed by atoms with van der Waals surface area (Å²) in [4.78, 5) is 15.7. The molecule has 0 saturated heterocycles. The first-order valence-electron chi connectivity index (χ1n) is 6.52. The van der Waals surface area contributed by atoms with Crippen molar-refractivity contribution in [3.05, 3.63) is 12.2 Å².